The van der Waals surface area contributed by atoms with E-state index in [9.17, 15) is 0 Å². The molecule has 0 amide bonds. The summed E-state index contributed by atoms with van der Waals surface area (Å²) in [4.78, 5) is 9.21. The van der Waals surface area contributed by atoms with E-state index in [4.69, 9.17) is 14.5 Å². The molecule has 1 saturated carbocycles. The molecule has 3 heterocycles. The molecule has 9 heteroatoms. The molecule has 1 aliphatic carbocycles. The molecule has 5 rings (SSSR count). The van der Waals surface area contributed by atoms with Crippen molar-refractivity contribution >= 4 is 23.1 Å². The molecule has 3 aromatic heterocycles. The van der Waals surface area contributed by atoms with Gasteiger partial charge in [0.1, 0.15) is 5.01 Å². The van der Waals surface area contributed by atoms with Crippen molar-refractivity contribution in [1.82, 2.24) is 24.7 Å². The second kappa shape index (κ2) is 10.6. The average Bonchev–Trinajstić information content (AvgIpc) is 3.55. The van der Waals surface area contributed by atoms with Gasteiger partial charge in [-0.1, -0.05) is 37.1 Å². The fourth-order valence-electron chi connectivity index (χ4n) is 4.33. The molecule has 0 atom stereocenters. The SMILES string of the molecule is COc1ccc(-c2nnc(SCc3csc(-c4ccccn4)n3)n2C2CCCCC2)cc1OC. The molecule has 4 aromatic rings. The van der Waals surface area contributed by atoms with Crippen molar-refractivity contribution in [2.24, 2.45) is 0 Å². The third-order valence-corrected chi connectivity index (χ3v) is 7.92. The van der Waals surface area contributed by atoms with Crippen LogP contribution in [-0.4, -0.2) is 39.0 Å². The van der Waals surface area contributed by atoms with Crippen LogP contribution in [0.5, 0.6) is 11.5 Å². The highest BCUT2D eigenvalue weighted by atomic mass is 32.2. The first-order chi connectivity index (χ1) is 16.8. The van der Waals surface area contributed by atoms with Crippen LogP contribution >= 0.6 is 23.1 Å². The predicted octanol–water partition coefficient (Wildman–Crippen LogP) is 6.28. The van der Waals surface area contributed by atoms with Crippen LogP contribution in [0.2, 0.25) is 0 Å². The van der Waals surface area contributed by atoms with Gasteiger partial charge in [0.05, 0.1) is 25.6 Å². The standard InChI is InChI=1S/C25H27N5O2S2/c1-31-21-12-11-17(14-22(21)32-2)23-28-29-25(30(23)19-8-4-3-5-9-19)34-16-18-15-33-24(27-18)20-10-6-7-13-26-20/h6-7,10-15,19H,3-5,8-9,16H2,1-2H3. The number of benzene rings is 1. The molecule has 1 fully saturated rings. The van der Waals surface area contributed by atoms with Gasteiger partial charge in [-0.05, 0) is 43.2 Å². The Morgan fingerprint density at radius 1 is 1.03 bits per heavy atom. The smallest absolute Gasteiger partial charge is 0.192 e. The van der Waals surface area contributed by atoms with Gasteiger partial charge in [-0.25, -0.2) is 4.98 Å². The summed E-state index contributed by atoms with van der Waals surface area (Å²) in [5.74, 6) is 3.01. The molecular weight excluding hydrogens is 466 g/mol. The van der Waals surface area contributed by atoms with Crippen LogP contribution in [0.4, 0.5) is 0 Å². The maximum absolute atomic E-state index is 5.53. The Balaban J connectivity index is 1.42. The lowest BCUT2D eigenvalue weighted by atomic mass is 9.95. The highest BCUT2D eigenvalue weighted by Gasteiger charge is 2.24. The van der Waals surface area contributed by atoms with Gasteiger partial charge in [0, 0.05) is 28.9 Å². The molecule has 0 unspecified atom stereocenters. The summed E-state index contributed by atoms with van der Waals surface area (Å²) in [7, 11) is 3.30. The molecule has 0 aliphatic heterocycles. The van der Waals surface area contributed by atoms with Crippen LogP contribution in [0.25, 0.3) is 22.1 Å². The lowest BCUT2D eigenvalue weighted by Crippen LogP contribution is -2.15. The number of methoxy groups -OCH3 is 2. The fraction of sp³-hybridized carbons (Fsp3) is 0.360. The Morgan fingerprint density at radius 2 is 1.88 bits per heavy atom. The Morgan fingerprint density at radius 3 is 2.65 bits per heavy atom. The lowest BCUT2D eigenvalue weighted by Gasteiger charge is -2.25. The Bertz CT molecular complexity index is 1240. The molecular formula is C25H27N5O2S2. The zero-order chi connectivity index (χ0) is 23.3. The van der Waals surface area contributed by atoms with Crippen molar-refractivity contribution < 1.29 is 9.47 Å². The van der Waals surface area contributed by atoms with Crippen molar-refractivity contribution in [2.75, 3.05) is 14.2 Å². The van der Waals surface area contributed by atoms with E-state index in [1.165, 1.54) is 19.3 Å². The number of hydrogen-bond donors (Lipinski definition) is 0. The molecule has 0 spiro atoms. The van der Waals surface area contributed by atoms with Gasteiger partial charge in [0.2, 0.25) is 0 Å². The quantitative estimate of drug-likeness (QED) is 0.267. The van der Waals surface area contributed by atoms with Gasteiger partial charge >= 0.3 is 0 Å². The van der Waals surface area contributed by atoms with Crippen LogP contribution in [0.1, 0.15) is 43.8 Å². The number of aromatic nitrogens is 5. The Labute approximate surface area is 207 Å². The molecule has 1 aliphatic rings. The van der Waals surface area contributed by atoms with Crippen molar-refractivity contribution in [3.05, 3.63) is 53.7 Å². The molecule has 7 nitrogen and oxygen atoms in total. The highest BCUT2D eigenvalue weighted by molar-refractivity contribution is 7.98. The zero-order valence-corrected chi connectivity index (χ0v) is 20.9. The highest BCUT2D eigenvalue weighted by Crippen LogP contribution is 2.38. The van der Waals surface area contributed by atoms with Gasteiger partial charge in [0.25, 0.3) is 0 Å². The number of rotatable bonds is 8. The zero-order valence-electron chi connectivity index (χ0n) is 19.3. The first-order valence-corrected chi connectivity index (χ1v) is 13.3. The third kappa shape index (κ3) is 4.81. The Hall–Kier alpha value is -2.91. The summed E-state index contributed by atoms with van der Waals surface area (Å²) in [6.07, 6.45) is 7.85. The van der Waals surface area contributed by atoms with Gasteiger partial charge < -0.3 is 9.47 Å². The topological polar surface area (TPSA) is 75.0 Å². The summed E-state index contributed by atoms with van der Waals surface area (Å²) in [6, 6.07) is 12.2. The molecule has 34 heavy (non-hydrogen) atoms. The third-order valence-electron chi connectivity index (χ3n) is 6.03. The number of nitrogens with zero attached hydrogens (tertiary/aromatic N) is 5. The largest absolute Gasteiger partial charge is 0.493 e. The second-order valence-corrected chi connectivity index (χ2v) is 9.99. The minimum absolute atomic E-state index is 0.397. The van der Waals surface area contributed by atoms with Gasteiger partial charge in [-0.3, -0.25) is 9.55 Å². The maximum atomic E-state index is 5.53. The van der Waals surface area contributed by atoms with Crippen LogP contribution in [0.3, 0.4) is 0 Å². The first kappa shape index (κ1) is 22.9. The number of hydrogen-bond acceptors (Lipinski definition) is 8. The lowest BCUT2D eigenvalue weighted by molar-refractivity contribution is 0.339. The average molecular weight is 494 g/mol. The van der Waals surface area contributed by atoms with Crippen LogP contribution in [0.15, 0.2) is 53.1 Å². The summed E-state index contributed by atoms with van der Waals surface area (Å²) < 4.78 is 13.3. The van der Waals surface area contributed by atoms with E-state index < -0.39 is 0 Å². The molecule has 176 valence electrons. The van der Waals surface area contributed by atoms with Crippen molar-refractivity contribution in [3.63, 3.8) is 0 Å². The van der Waals surface area contributed by atoms with E-state index in [1.54, 1.807) is 43.5 Å². The minimum atomic E-state index is 0.397. The molecule has 0 radical (unpaired) electrons. The number of ether oxygens (including phenoxy) is 2. The van der Waals surface area contributed by atoms with E-state index >= 15 is 0 Å². The van der Waals surface area contributed by atoms with E-state index in [1.807, 2.05) is 36.4 Å². The van der Waals surface area contributed by atoms with Crippen molar-refractivity contribution in [3.8, 4) is 33.6 Å². The fourth-order valence-corrected chi connectivity index (χ4v) is 6.13. The van der Waals surface area contributed by atoms with E-state index in [2.05, 4.69) is 25.1 Å². The van der Waals surface area contributed by atoms with Gasteiger partial charge in [-0.15, -0.1) is 21.5 Å². The normalized spacial score (nSPS) is 14.3. The van der Waals surface area contributed by atoms with Crippen molar-refractivity contribution in [2.45, 2.75) is 49.1 Å². The summed E-state index contributed by atoms with van der Waals surface area (Å²) >= 11 is 3.32. The van der Waals surface area contributed by atoms with E-state index in [-0.39, 0.29) is 0 Å². The summed E-state index contributed by atoms with van der Waals surface area (Å²) in [6.45, 7) is 0. The van der Waals surface area contributed by atoms with Gasteiger partial charge in [-0.2, -0.15) is 0 Å². The molecule has 0 N–H and O–H groups in total. The first-order valence-electron chi connectivity index (χ1n) is 11.4. The van der Waals surface area contributed by atoms with E-state index in [0.717, 1.165) is 51.5 Å². The van der Waals surface area contributed by atoms with Crippen LogP contribution in [0, 0.1) is 0 Å². The molecule has 0 bridgehead atoms. The van der Waals surface area contributed by atoms with Crippen LogP contribution < -0.4 is 9.47 Å². The van der Waals surface area contributed by atoms with Gasteiger partial charge in [0.15, 0.2) is 22.5 Å². The van der Waals surface area contributed by atoms with Crippen molar-refractivity contribution in [1.29, 1.82) is 0 Å². The monoisotopic (exact) mass is 493 g/mol. The minimum Gasteiger partial charge on any atom is -0.493 e. The summed E-state index contributed by atoms with van der Waals surface area (Å²) in [5, 5.41) is 13.2. The number of thiazole rings is 1. The van der Waals surface area contributed by atoms with Crippen LogP contribution in [-0.2, 0) is 5.75 Å². The van der Waals surface area contributed by atoms with E-state index in [0.29, 0.717) is 17.5 Å². The maximum Gasteiger partial charge on any atom is 0.192 e. The number of pyridine rings is 1. The predicted molar refractivity (Wildman–Crippen MR) is 136 cm³/mol. The molecule has 1 aromatic carbocycles. The summed E-state index contributed by atoms with van der Waals surface area (Å²) in [5.41, 5.74) is 2.92. The molecule has 0 saturated heterocycles. The Kier molecular flexibility index (Phi) is 7.10. The second-order valence-electron chi connectivity index (χ2n) is 8.19. The number of thioether (sulfide) groups is 1.